The largest absolute Gasteiger partial charge is 0.357 e. The van der Waals surface area contributed by atoms with E-state index in [1.165, 1.54) is 30.4 Å². The molecule has 0 saturated heterocycles. The topological polar surface area (TPSA) is 65.5 Å². The molecular weight excluding hydrogens is 439 g/mol. The molecule has 0 heterocycles. The summed E-state index contributed by atoms with van der Waals surface area (Å²) in [6.45, 7) is 5.83. The fourth-order valence-electron chi connectivity index (χ4n) is 3.25. The Labute approximate surface area is 174 Å². The summed E-state index contributed by atoms with van der Waals surface area (Å²) in [5.41, 5.74) is 2.55. The minimum Gasteiger partial charge on any atom is -0.357 e. The Morgan fingerprint density at radius 3 is 2.42 bits per heavy atom. The van der Waals surface area contributed by atoms with Crippen LogP contribution in [-0.4, -0.2) is 31.0 Å². The molecule has 0 aromatic heterocycles. The molecule has 6 heteroatoms. The van der Waals surface area contributed by atoms with Gasteiger partial charge in [-0.3, -0.25) is 4.79 Å². The number of aryl methyl sites for hydroxylation is 1. The molecule has 1 aliphatic carbocycles. The first-order valence-corrected chi connectivity index (χ1v) is 9.61. The molecule has 1 aromatic carbocycles. The van der Waals surface area contributed by atoms with Crippen LogP contribution in [0, 0.1) is 0 Å². The highest BCUT2D eigenvalue weighted by atomic mass is 127. The number of amides is 1. The van der Waals surface area contributed by atoms with Crippen molar-refractivity contribution >= 4 is 35.8 Å². The lowest BCUT2D eigenvalue weighted by molar-refractivity contribution is -0.120. The lowest BCUT2D eigenvalue weighted by Crippen LogP contribution is -2.46. The van der Waals surface area contributed by atoms with Gasteiger partial charge in [0.05, 0.1) is 13.1 Å². The van der Waals surface area contributed by atoms with Gasteiger partial charge in [0, 0.05) is 12.6 Å². The second kappa shape index (κ2) is 12.9. The van der Waals surface area contributed by atoms with Crippen molar-refractivity contribution in [2.45, 2.75) is 65.0 Å². The van der Waals surface area contributed by atoms with E-state index in [0.29, 0.717) is 18.5 Å². The molecule has 146 valence electrons. The molecule has 0 spiro atoms. The Morgan fingerprint density at radius 2 is 1.77 bits per heavy atom. The number of carbonyl (C=O) groups excluding carboxylic acids is 1. The van der Waals surface area contributed by atoms with Gasteiger partial charge >= 0.3 is 0 Å². The SMILES string of the molecule is CCNC(=NCc1ccccc1CC)NCC(=O)NC1CCCCC1.I. The number of hydrogen-bond acceptors (Lipinski definition) is 2. The van der Waals surface area contributed by atoms with Gasteiger partial charge in [-0.2, -0.15) is 0 Å². The number of nitrogens with one attached hydrogen (secondary N) is 3. The van der Waals surface area contributed by atoms with Crippen LogP contribution in [0.2, 0.25) is 0 Å². The van der Waals surface area contributed by atoms with Gasteiger partial charge in [0.25, 0.3) is 0 Å². The van der Waals surface area contributed by atoms with Crippen molar-refractivity contribution in [1.29, 1.82) is 0 Å². The summed E-state index contributed by atoms with van der Waals surface area (Å²) < 4.78 is 0. The first-order valence-electron chi connectivity index (χ1n) is 9.61. The third-order valence-corrected chi connectivity index (χ3v) is 4.64. The van der Waals surface area contributed by atoms with E-state index in [0.717, 1.165) is 25.8 Å². The maximum atomic E-state index is 12.1. The molecule has 1 fully saturated rings. The monoisotopic (exact) mass is 472 g/mol. The Bertz CT molecular complexity index is 571. The number of hydrogen-bond donors (Lipinski definition) is 3. The van der Waals surface area contributed by atoms with Crippen LogP contribution in [-0.2, 0) is 17.8 Å². The van der Waals surface area contributed by atoms with Crippen molar-refractivity contribution < 1.29 is 4.79 Å². The Kier molecular flexibility index (Phi) is 11.3. The van der Waals surface area contributed by atoms with E-state index in [9.17, 15) is 4.79 Å². The number of guanidine groups is 1. The third kappa shape index (κ3) is 7.93. The first-order chi connectivity index (χ1) is 12.2. The molecule has 2 rings (SSSR count). The van der Waals surface area contributed by atoms with Crippen LogP contribution in [0.3, 0.4) is 0 Å². The van der Waals surface area contributed by atoms with Crippen molar-refractivity contribution in [3.05, 3.63) is 35.4 Å². The van der Waals surface area contributed by atoms with Crippen molar-refractivity contribution in [1.82, 2.24) is 16.0 Å². The van der Waals surface area contributed by atoms with Gasteiger partial charge in [0.2, 0.25) is 5.91 Å². The molecule has 1 amide bonds. The minimum absolute atomic E-state index is 0. The zero-order valence-electron chi connectivity index (χ0n) is 16.0. The number of benzene rings is 1. The van der Waals surface area contributed by atoms with Crippen molar-refractivity contribution in [3.63, 3.8) is 0 Å². The standard InChI is InChI=1S/C20H32N4O.HI/c1-3-16-10-8-9-11-17(16)14-22-20(21-4-2)23-15-19(25)24-18-12-6-5-7-13-18;/h8-11,18H,3-7,12-15H2,1-2H3,(H,24,25)(H2,21,22,23);1H. The van der Waals surface area contributed by atoms with Crippen LogP contribution >= 0.6 is 24.0 Å². The summed E-state index contributed by atoms with van der Waals surface area (Å²) in [7, 11) is 0. The van der Waals surface area contributed by atoms with E-state index >= 15 is 0 Å². The molecule has 0 radical (unpaired) electrons. The van der Waals surface area contributed by atoms with Gasteiger partial charge < -0.3 is 16.0 Å². The van der Waals surface area contributed by atoms with Gasteiger partial charge in [0.1, 0.15) is 0 Å². The van der Waals surface area contributed by atoms with Crippen molar-refractivity contribution in [3.8, 4) is 0 Å². The smallest absolute Gasteiger partial charge is 0.239 e. The second-order valence-electron chi connectivity index (χ2n) is 6.57. The fourth-order valence-corrected chi connectivity index (χ4v) is 3.25. The first kappa shape index (κ1) is 22.7. The van der Waals surface area contributed by atoms with Gasteiger partial charge in [-0.05, 0) is 37.3 Å². The van der Waals surface area contributed by atoms with Gasteiger partial charge in [0.15, 0.2) is 5.96 Å². The van der Waals surface area contributed by atoms with E-state index in [-0.39, 0.29) is 36.4 Å². The lowest BCUT2D eigenvalue weighted by Gasteiger charge is -2.23. The summed E-state index contributed by atoms with van der Waals surface area (Å²) in [6, 6.07) is 8.71. The summed E-state index contributed by atoms with van der Waals surface area (Å²) in [6.07, 6.45) is 6.94. The maximum absolute atomic E-state index is 12.1. The number of halogens is 1. The molecule has 26 heavy (non-hydrogen) atoms. The van der Waals surface area contributed by atoms with Crippen LogP contribution < -0.4 is 16.0 Å². The minimum atomic E-state index is 0. The summed E-state index contributed by atoms with van der Waals surface area (Å²) in [5, 5.41) is 9.48. The third-order valence-electron chi connectivity index (χ3n) is 4.64. The zero-order valence-corrected chi connectivity index (χ0v) is 18.3. The van der Waals surface area contributed by atoms with Gasteiger partial charge in [-0.1, -0.05) is 50.5 Å². The molecule has 1 aliphatic rings. The predicted molar refractivity (Wildman–Crippen MR) is 119 cm³/mol. The van der Waals surface area contributed by atoms with Crippen LogP contribution in [0.15, 0.2) is 29.3 Å². The number of aliphatic imine (C=N–C) groups is 1. The highest BCUT2D eigenvalue weighted by molar-refractivity contribution is 14.0. The Morgan fingerprint density at radius 1 is 1.08 bits per heavy atom. The predicted octanol–water partition coefficient (Wildman–Crippen LogP) is 3.37. The molecule has 0 bridgehead atoms. The van der Waals surface area contributed by atoms with E-state index in [2.05, 4.69) is 46.1 Å². The lowest BCUT2D eigenvalue weighted by atomic mass is 9.95. The molecule has 0 unspecified atom stereocenters. The summed E-state index contributed by atoms with van der Waals surface area (Å²) in [5.74, 6) is 0.735. The zero-order chi connectivity index (χ0) is 17.9. The molecule has 1 aromatic rings. The highest BCUT2D eigenvalue weighted by Crippen LogP contribution is 2.17. The van der Waals surface area contributed by atoms with Crippen molar-refractivity contribution in [2.75, 3.05) is 13.1 Å². The average molecular weight is 472 g/mol. The number of carbonyl (C=O) groups is 1. The molecule has 3 N–H and O–H groups in total. The fraction of sp³-hybridized carbons (Fsp3) is 0.600. The average Bonchev–Trinajstić information content (AvgIpc) is 2.65. The highest BCUT2D eigenvalue weighted by Gasteiger charge is 2.15. The number of nitrogens with zero attached hydrogens (tertiary/aromatic N) is 1. The van der Waals surface area contributed by atoms with E-state index in [4.69, 9.17) is 0 Å². The molecule has 1 saturated carbocycles. The molecular formula is C20H33IN4O. The van der Waals surface area contributed by atoms with Crippen LogP contribution in [0.25, 0.3) is 0 Å². The van der Waals surface area contributed by atoms with Crippen LogP contribution in [0.1, 0.15) is 57.1 Å². The Balaban J connectivity index is 0.00000338. The van der Waals surface area contributed by atoms with E-state index < -0.39 is 0 Å². The van der Waals surface area contributed by atoms with E-state index in [1.54, 1.807) is 0 Å². The normalized spacial score (nSPS) is 15.1. The molecule has 5 nitrogen and oxygen atoms in total. The summed E-state index contributed by atoms with van der Waals surface area (Å²) in [4.78, 5) is 16.8. The van der Waals surface area contributed by atoms with Crippen molar-refractivity contribution in [2.24, 2.45) is 4.99 Å². The molecule has 0 aliphatic heterocycles. The van der Waals surface area contributed by atoms with E-state index in [1.807, 2.05) is 13.0 Å². The van der Waals surface area contributed by atoms with Crippen LogP contribution in [0.5, 0.6) is 0 Å². The molecule has 0 atom stereocenters. The summed E-state index contributed by atoms with van der Waals surface area (Å²) >= 11 is 0. The Hall–Kier alpha value is -1.31. The van der Waals surface area contributed by atoms with Crippen LogP contribution in [0.4, 0.5) is 0 Å². The van der Waals surface area contributed by atoms with Gasteiger partial charge in [-0.15, -0.1) is 24.0 Å². The number of rotatable bonds is 7. The quantitative estimate of drug-likeness (QED) is 0.324. The maximum Gasteiger partial charge on any atom is 0.239 e. The second-order valence-corrected chi connectivity index (χ2v) is 6.57. The van der Waals surface area contributed by atoms with Gasteiger partial charge in [-0.25, -0.2) is 4.99 Å².